The molecule has 0 aliphatic carbocycles. The van der Waals surface area contributed by atoms with E-state index in [0.717, 1.165) is 25.1 Å². The lowest BCUT2D eigenvalue weighted by Gasteiger charge is -2.08. The van der Waals surface area contributed by atoms with Crippen molar-refractivity contribution in [1.29, 1.82) is 0 Å². The molecule has 0 saturated carbocycles. The molecule has 1 amide bonds. The van der Waals surface area contributed by atoms with Gasteiger partial charge in [0.25, 0.3) is 0 Å². The molecule has 2 heterocycles. The van der Waals surface area contributed by atoms with Gasteiger partial charge in [0, 0.05) is 25.4 Å². The van der Waals surface area contributed by atoms with Crippen LogP contribution in [-0.4, -0.2) is 24.0 Å². The Morgan fingerprint density at radius 2 is 2.53 bits per heavy atom. The highest BCUT2D eigenvalue weighted by atomic mass is 16.1. The van der Waals surface area contributed by atoms with Crippen molar-refractivity contribution in [2.24, 2.45) is 5.92 Å². The number of hydrogen-bond acceptors (Lipinski definition) is 2. The van der Waals surface area contributed by atoms with Gasteiger partial charge >= 0.3 is 0 Å². The van der Waals surface area contributed by atoms with Crippen molar-refractivity contribution in [3.8, 4) is 0 Å². The Morgan fingerprint density at radius 1 is 1.60 bits per heavy atom. The molecule has 1 atom stereocenters. The molecule has 1 aliphatic heterocycles. The summed E-state index contributed by atoms with van der Waals surface area (Å²) in [6.07, 6.45) is 5.54. The molecule has 0 aromatic carbocycles. The monoisotopic (exact) mass is 207 g/mol. The quantitative estimate of drug-likeness (QED) is 0.678. The molecule has 0 bridgehead atoms. The third kappa shape index (κ3) is 3.09. The second-order valence-corrected chi connectivity index (χ2v) is 4.06. The normalized spacial score (nSPS) is 20.4. The van der Waals surface area contributed by atoms with Gasteiger partial charge in [-0.15, -0.1) is 0 Å². The minimum atomic E-state index is 0.157. The molecule has 1 aliphatic rings. The maximum Gasteiger partial charge on any atom is 0.220 e. The number of rotatable bonds is 4. The summed E-state index contributed by atoms with van der Waals surface area (Å²) in [7, 11) is 0. The summed E-state index contributed by atoms with van der Waals surface area (Å²) in [5.74, 6) is 0.682. The van der Waals surface area contributed by atoms with Crippen molar-refractivity contribution >= 4 is 5.91 Å². The van der Waals surface area contributed by atoms with Crippen molar-refractivity contribution in [3.63, 3.8) is 0 Å². The molecule has 1 aromatic rings. The second-order valence-electron chi connectivity index (χ2n) is 4.06. The van der Waals surface area contributed by atoms with Crippen molar-refractivity contribution in [1.82, 2.24) is 15.6 Å². The smallest absolute Gasteiger partial charge is 0.220 e. The SMILES string of the molecule is O=C(CC1CCNC1)NCc1cc[nH]c1. The lowest BCUT2D eigenvalue weighted by molar-refractivity contribution is -0.122. The van der Waals surface area contributed by atoms with E-state index in [1.54, 1.807) is 0 Å². The molecule has 3 N–H and O–H groups in total. The molecule has 15 heavy (non-hydrogen) atoms. The molecule has 82 valence electrons. The zero-order valence-electron chi connectivity index (χ0n) is 8.75. The number of carbonyl (C=O) groups excluding carboxylic acids is 1. The molecular formula is C11H17N3O. The van der Waals surface area contributed by atoms with Gasteiger partial charge in [-0.2, -0.15) is 0 Å². The van der Waals surface area contributed by atoms with Gasteiger partial charge in [-0.3, -0.25) is 4.79 Å². The first-order chi connectivity index (χ1) is 7.34. The van der Waals surface area contributed by atoms with Crippen LogP contribution in [0, 0.1) is 5.92 Å². The maximum absolute atomic E-state index is 11.5. The van der Waals surface area contributed by atoms with E-state index in [4.69, 9.17) is 0 Å². The maximum atomic E-state index is 11.5. The van der Waals surface area contributed by atoms with Crippen molar-refractivity contribution < 1.29 is 4.79 Å². The highest BCUT2D eigenvalue weighted by molar-refractivity contribution is 5.76. The number of amides is 1. The number of nitrogens with one attached hydrogen (secondary N) is 3. The fraction of sp³-hybridized carbons (Fsp3) is 0.545. The number of aromatic amines is 1. The minimum absolute atomic E-state index is 0.157. The van der Waals surface area contributed by atoms with Gasteiger partial charge in [0.15, 0.2) is 0 Å². The summed E-state index contributed by atoms with van der Waals surface area (Å²) in [5, 5.41) is 6.19. The molecule has 0 radical (unpaired) electrons. The highest BCUT2D eigenvalue weighted by Crippen LogP contribution is 2.11. The van der Waals surface area contributed by atoms with Crippen LogP contribution in [0.15, 0.2) is 18.5 Å². The summed E-state index contributed by atoms with van der Waals surface area (Å²) in [6.45, 7) is 2.66. The van der Waals surface area contributed by atoms with Gasteiger partial charge in [0.05, 0.1) is 0 Å². The average molecular weight is 207 g/mol. The van der Waals surface area contributed by atoms with E-state index in [1.807, 2.05) is 18.5 Å². The van der Waals surface area contributed by atoms with Gasteiger partial charge in [-0.1, -0.05) is 0 Å². The summed E-state index contributed by atoms with van der Waals surface area (Å²) in [4.78, 5) is 14.5. The Bertz CT molecular complexity index is 302. The Labute approximate surface area is 89.5 Å². The van der Waals surface area contributed by atoms with E-state index < -0.39 is 0 Å². The van der Waals surface area contributed by atoms with E-state index in [0.29, 0.717) is 18.9 Å². The van der Waals surface area contributed by atoms with E-state index in [-0.39, 0.29) is 5.91 Å². The van der Waals surface area contributed by atoms with Gasteiger partial charge in [-0.05, 0) is 37.1 Å². The number of hydrogen-bond donors (Lipinski definition) is 3. The van der Waals surface area contributed by atoms with Gasteiger partial charge in [0.2, 0.25) is 5.91 Å². The van der Waals surface area contributed by atoms with Crippen LogP contribution in [-0.2, 0) is 11.3 Å². The highest BCUT2D eigenvalue weighted by Gasteiger charge is 2.17. The molecule has 0 spiro atoms. The summed E-state index contributed by atoms with van der Waals surface area (Å²) >= 11 is 0. The number of carbonyl (C=O) groups is 1. The third-order valence-corrected chi connectivity index (χ3v) is 2.79. The summed E-state index contributed by atoms with van der Waals surface area (Å²) in [6, 6.07) is 1.97. The van der Waals surface area contributed by atoms with Crippen LogP contribution >= 0.6 is 0 Å². The summed E-state index contributed by atoms with van der Waals surface area (Å²) < 4.78 is 0. The largest absolute Gasteiger partial charge is 0.367 e. The molecule has 1 aromatic heterocycles. The number of aromatic nitrogens is 1. The van der Waals surface area contributed by atoms with Gasteiger partial charge in [-0.25, -0.2) is 0 Å². The first kappa shape index (κ1) is 10.2. The van der Waals surface area contributed by atoms with Gasteiger partial charge in [0.1, 0.15) is 0 Å². The zero-order chi connectivity index (χ0) is 10.5. The van der Waals surface area contributed by atoms with Crippen LogP contribution in [0.25, 0.3) is 0 Å². The molecule has 4 nitrogen and oxygen atoms in total. The fourth-order valence-electron chi connectivity index (χ4n) is 1.89. The molecule has 4 heteroatoms. The first-order valence-corrected chi connectivity index (χ1v) is 5.43. The van der Waals surface area contributed by atoms with E-state index in [9.17, 15) is 4.79 Å². The van der Waals surface area contributed by atoms with Crippen LogP contribution in [0.5, 0.6) is 0 Å². The van der Waals surface area contributed by atoms with Crippen LogP contribution in [0.3, 0.4) is 0 Å². The average Bonchev–Trinajstić information content (AvgIpc) is 2.86. The molecular weight excluding hydrogens is 190 g/mol. The van der Waals surface area contributed by atoms with Crippen molar-refractivity contribution in [3.05, 3.63) is 24.0 Å². The fourth-order valence-corrected chi connectivity index (χ4v) is 1.89. The summed E-state index contributed by atoms with van der Waals surface area (Å²) in [5.41, 5.74) is 1.12. The first-order valence-electron chi connectivity index (χ1n) is 5.43. The van der Waals surface area contributed by atoms with E-state index >= 15 is 0 Å². The van der Waals surface area contributed by atoms with Crippen molar-refractivity contribution in [2.45, 2.75) is 19.4 Å². The lowest BCUT2D eigenvalue weighted by atomic mass is 10.0. The van der Waals surface area contributed by atoms with E-state index in [1.165, 1.54) is 0 Å². The Morgan fingerprint density at radius 3 is 3.20 bits per heavy atom. The second kappa shape index (κ2) is 4.98. The van der Waals surface area contributed by atoms with Crippen LogP contribution < -0.4 is 10.6 Å². The predicted molar refractivity (Wildman–Crippen MR) is 58.2 cm³/mol. The standard InChI is InChI=1S/C11H17N3O/c15-11(5-9-1-3-12-6-9)14-8-10-2-4-13-7-10/h2,4,7,9,12-13H,1,3,5-6,8H2,(H,14,15). The zero-order valence-corrected chi connectivity index (χ0v) is 8.75. The molecule has 2 rings (SSSR count). The van der Waals surface area contributed by atoms with E-state index in [2.05, 4.69) is 15.6 Å². The Hall–Kier alpha value is -1.29. The lowest BCUT2D eigenvalue weighted by Crippen LogP contribution is -2.25. The predicted octanol–water partition coefficient (Wildman–Crippen LogP) is 0.630. The molecule has 1 saturated heterocycles. The topological polar surface area (TPSA) is 56.9 Å². The van der Waals surface area contributed by atoms with Crippen molar-refractivity contribution in [2.75, 3.05) is 13.1 Å². The third-order valence-electron chi connectivity index (χ3n) is 2.79. The van der Waals surface area contributed by atoms with Gasteiger partial charge < -0.3 is 15.6 Å². The van der Waals surface area contributed by atoms with Crippen LogP contribution in [0.4, 0.5) is 0 Å². The van der Waals surface area contributed by atoms with Crippen LogP contribution in [0.1, 0.15) is 18.4 Å². The number of H-pyrrole nitrogens is 1. The minimum Gasteiger partial charge on any atom is -0.367 e. The molecule has 1 fully saturated rings. The Balaban J connectivity index is 1.68. The molecule has 1 unspecified atom stereocenters. The Kier molecular flexibility index (Phi) is 3.40. The van der Waals surface area contributed by atoms with Crippen LogP contribution in [0.2, 0.25) is 0 Å².